The summed E-state index contributed by atoms with van der Waals surface area (Å²) in [5.41, 5.74) is 0.933. The number of hydrogen-bond donors (Lipinski definition) is 1. The van der Waals surface area contributed by atoms with Crippen LogP contribution in [0.5, 0.6) is 0 Å². The van der Waals surface area contributed by atoms with Crippen molar-refractivity contribution in [2.45, 2.75) is 40.0 Å². The van der Waals surface area contributed by atoms with E-state index in [2.05, 4.69) is 47.2 Å². The SMILES string of the molecule is CC(C)(C)[C@H]1CCc2onc(C(=O)Nc3c(F)cc(F)cc3Br)c2C1. The Balaban J connectivity index is 1.87. The van der Waals surface area contributed by atoms with Gasteiger partial charge in [-0.25, -0.2) is 8.78 Å². The molecule has 1 aromatic heterocycles. The van der Waals surface area contributed by atoms with Gasteiger partial charge in [0.05, 0.1) is 5.69 Å². The first-order chi connectivity index (χ1) is 11.7. The number of aryl methyl sites for hydroxylation is 1. The van der Waals surface area contributed by atoms with E-state index in [1.54, 1.807) is 0 Å². The first-order valence-corrected chi connectivity index (χ1v) is 8.89. The van der Waals surface area contributed by atoms with Crippen molar-refractivity contribution in [2.24, 2.45) is 11.3 Å². The van der Waals surface area contributed by atoms with Crippen molar-refractivity contribution in [3.05, 3.63) is 45.3 Å². The van der Waals surface area contributed by atoms with Gasteiger partial charge in [0.25, 0.3) is 5.91 Å². The molecular weight excluding hydrogens is 394 g/mol. The van der Waals surface area contributed by atoms with E-state index in [0.717, 1.165) is 24.5 Å². The first kappa shape index (κ1) is 18.0. The first-order valence-electron chi connectivity index (χ1n) is 8.10. The Morgan fingerprint density at radius 3 is 2.72 bits per heavy atom. The molecule has 1 atom stereocenters. The highest BCUT2D eigenvalue weighted by atomic mass is 79.9. The van der Waals surface area contributed by atoms with E-state index in [4.69, 9.17) is 4.52 Å². The maximum Gasteiger partial charge on any atom is 0.278 e. The molecule has 25 heavy (non-hydrogen) atoms. The molecule has 7 heteroatoms. The minimum absolute atomic E-state index is 0.106. The lowest BCUT2D eigenvalue weighted by atomic mass is 9.71. The normalized spacial score (nSPS) is 17.3. The molecule has 0 spiro atoms. The largest absolute Gasteiger partial charge is 0.360 e. The third-order valence-electron chi connectivity index (χ3n) is 4.73. The molecule has 0 unspecified atom stereocenters. The average Bonchev–Trinajstić information content (AvgIpc) is 2.93. The molecule has 1 aliphatic rings. The van der Waals surface area contributed by atoms with E-state index in [0.29, 0.717) is 24.2 Å². The molecular formula is C18H19BrF2N2O2. The Morgan fingerprint density at radius 2 is 2.08 bits per heavy atom. The Hall–Kier alpha value is -1.76. The maximum atomic E-state index is 13.9. The summed E-state index contributed by atoms with van der Waals surface area (Å²) in [5, 5.41) is 6.35. The Kier molecular flexibility index (Phi) is 4.70. The van der Waals surface area contributed by atoms with Crippen molar-refractivity contribution < 1.29 is 18.1 Å². The van der Waals surface area contributed by atoms with E-state index >= 15 is 0 Å². The van der Waals surface area contributed by atoms with Crippen molar-refractivity contribution in [2.75, 3.05) is 5.32 Å². The van der Waals surface area contributed by atoms with E-state index in [-0.39, 0.29) is 21.3 Å². The fourth-order valence-corrected chi connectivity index (χ4v) is 3.66. The number of aromatic nitrogens is 1. The number of halogens is 3. The molecule has 0 saturated carbocycles. The number of amides is 1. The zero-order chi connectivity index (χ0) is 18.4. The zero-order valence-electron chi connectivity index (χ0n) is 14.3. The molecule has 134 valence electrons. The van der Waals surface area contributed by atoms with Gasteiger partial charge in [-0.1, -0.05) is 25.9 Å². The van der Waals surface area contributed by atoms with E-state index in [9.17, 15) is 13.6 Å². The summed E-state index contributed by atoms with van der Waals surface area (Å²) in [7, 11) is 0. The Morgan fingerprint density at radius 1 is 1.36 bits per heavy atom. The van der Waals surface area contributed by atoms with Gasteiger partial charge in [0, 0.05) is 22.5 Å². The summed E-state index contributed by atoms with van der Waals surface area (Å²) in [6.07, 6.45) is 2.40. The molecule has 0 bridgehead atoms. The highest BCUT2D eigenvalue weighted by Crippen LogP contribution is 2.38. The van der Waals surface area contributed by atoms with Crippen LogP contribution in [0, 0.1) is 23.0 Å². The van der Waals surface area contributed by atoms with Gasteiger partial charge in [-0.2, -0.15) is 0 Å². The third-order valence-corrected chi connectivity index (χ3v) is 5.35. The summed E-state index contributed by atoms with van der Waals surface area (Å²) >= 11 is 3.06. The summed E-state index contributed by atoms with van der Waals surface area (Å²) in [6.45, 7) is 6.50. The molecule has 0 fully saturated rings. The lowest BCUT2D eigenvalue weighted by molar-refractivity contribution is 0.101. The second-order valence-corrected chi connectivity index (χ2v) is 8.29. The van der Waals surface area contributed by atoms with Crippen molar-refractivity contribution in [1.82, 2.24) is 5.16 Å². The van der Waals surface area contributed by atoms with Crippen molar-refractivity contribution in [1.29, 1.82) is 0 Å². The van der Waals surface area contributed by atoms with Crippen molar-refractivity contribution in [3.8, 4) is 0 Å². The fraction of sp³-hybridized carbons (Fsp3) is 0.444. The highest BCUT2D eigenvalue weighted by Gasteiger charge is 2.34. The third kappa shape index (κ3) is 3.61. The molecule has 0 aliphatic heterocycles. The van der Waals surface area contributed by atoms with E-state index in [1.807, 2.05) is 0 Å². The lowest BCUT2D eigenvalue weighted by Crippen LogP contribution is -2.27. The van der Waals surface area contributed by atoms with Gasteiger partial charge < -0.3 is 9.84 Å². The highest BCUT2D eigenvalue weighted by molar-refractivity contribution is 9.10. The van der Waals surface area contributed by atoms with Gasteiger partial charge in [-0.05, 0) is 46.2 Å². The Bertz CT molecular complexity index is 804. The number of nitrogens with zero attached hydrogens (tertiary/aromatic N) is 1. The van der Waals surface area contributed by atoms with Gasteiger partial charge in [0.15, 0.2) is 11.5 Å². The molecule has 1 aliphatic carbocycles. The number of carbonyl (C=O) groups is 1. The summed E-state index contributed by atoms with van der Waals surface area (Å²) in [4.78, 5) is 12.6. The smallest absolute Gasteiger partial charge is 0.278 e. The van der Waals surface area contributed by atoms with Gasteiger partial charge in [0.2, 0.25) is 0 Å². The quantitative estimate of drug-likeness (QED) is 0.744. The van der Waals surface area contributed by atoms with Crippen LogP contribution >= 0.6 is 15.9 Å². The number of nitrogens with one attached hydrogen (secondary N) is 1. The van der Waals surface area contributed by atoms with Gasteiger partial charge in [-0.15, -0.1) is 0 Å². The minimum atomic E-state index is -0.856. The topological polar surface area (TPSA) is 55.1 Å². The van der Waals surface area contributed by atoms with Crippen LogP contribution in [0.15, 0.2) is 21.1 Å². The number of rotatable bonds is 2. The standard InChI is InChI=1S/C18H19BrF2N2O2/c1-18(2,3)9-4-5-14-11(6-9)15(23-25-14)17(24)22-16-12(19)7-10(20)8-13(16)21/h7-9H,4-6H2,1-3H3,(H,22,24)/t9-/m0/s1. The van der Waals surface area contributed by atoms with Gasteiger partial charge in [0.1, 0.15) is 11.6 Å². The van der Waals surface area contributed by atoms with Gasteiger partial charge >= 0.3 is 0 Å². The van der Waals surface area contributed by atoms with E-state index < -0.39 is 17.5 Å². The van der Waals surface area contributed by atoms with Gasteiger partial charge in [-0.3, -0.25) is 4.79 Å². The van der Waals surface area contributed by atoms with Crippen LogP contribution in [0.25, 0.3) is 0 Å². The summed E-state index contributed by atoms with van der Waals surface area (Å²) in [5.74, 6) is -1.03. The molecule has 1 aromatic carbocycles. The second-order valence-electron chi connectivity index (χ2n) is 7.44. The fourth-order valence-electron chi connectivity index (χ4n) is 3.16. The minimum Gasteiger partial charge on any atom is -0.360 e. The molecule has 1 amide bonds. The number of hydrogen-bond acceptors (Lipinski definition) is 3. The maximum absolute atomic E-state index is 13.9. The molecule has 4 nitrogen and oxygen atoms in total. The van der Waals surface area contributed by atoms with Crippen molar-refractivity contribution >= 4 is 27.5 Å². The zero-order valence-corrected chi connectivity index (χ0v) is 15.8. The molecule has 0 radical (unpaired) electrons. The predicted octanol–water partition coefficient (Wildman–Crippen LogP) is 5.12. The van der Waals surface area contributed by atoms with Crippen LogP contribution in [-0.2, 0) is 12.8 Å². The number of benzene rings is 1. The van der Waals surface area contributed by atoms with Crippen LogP contribution in [0.3, 0.4) is 0 Å². The second kappa shape index (κ2) is 6.52. The molecule has 3 rings (SSSR count). The monoisotopic (exact) mass is 412 g/mol. The van der Waals surface area contributed by atoms with Crippen LogP contribution in [-0.4, -0.2) is 11.1 Å². The summed E-state index contributed by atoms with van der Waals surface area (Å²) < 4.78 is 32.6. The number of fused-ring (bicyclic) bond motifs is 1. The van der Waals surface area contributed by atoms with Crippen LogP contribution in [0.2, 0.25) is 0 Å². The number of anilines is 1. The van der Waals surface area contributed by atoms with Crippen LogP contribution < -0.4 is 5.32 Å². The number of carbonyl (C=O) groups excluding carboxylic acids is 1. The van der Waals surface area contributed by atoms with Crippen molar-refractivity contribution in [3.63, 3.8) is 0 Å². The molecule has 2 aromatic rings. The molecule has 1 heterocycles. The molecule has 1 N–H and O–H groups in total. The lowest BCUT2D eigenvalue weighted by Gasteiger charge is -2.33. The van der Waals surface area contributed by atoms with Crippen LogP contribution in [0.1, 0.15) is 49.0 Å². The Labute approximate surface area is 153 Å². The predicted molar refractivity (Wildman–Crippen MR) is 93.5 cm³/mol. The summed E-state index contributed by atoms with van der Waals surface area (Å²) in [6, 6.07) is 1.81. The molecule has 0 saturated heterocycles. The van der Waals surface area contributed by atoms with E-state index in [1.165, 1.54) is 0 Å². The average molecular weight is 413 g/mol. The van der Waals surface area contributed by atoms with Crippen LogP contribution in [0.4, 0.5) is 14.5 Å².